The quantitative estimate of drug-likeness (QED) is 0.840. The van der Waals surface area contributed by atoms with Gasteiger partial charge in [0.1, 0.15) is 0 Å². The van der Waals surface area contributed by atoms with Gasteiger partial charge in [0.15, 0.2) is 0 Å². The van der Waals surface area contributed by atoms with Gasteiger partial charge in [-0.15, -0.1) is 11.3 Å². The minimum atomic E-state index is 0.221. The van der Waals surface area contributed by atoms with Gasteiger partial charge >= 0.3 is 0 Å². The van der Waals surface area contributed by atoms with Crippen molar-refractivity contribution in [2.24, 2.45) is 5.73 Å². The lowest BCUT2D eigenvalue weighted by molar-refractivity contribution is 0.117. The van der Waals surface area contributed by atoms with Gasteiger partial charge in [-0.3, -0.25) is 4.90 Å². The molecule has 1 atom stereocenters. The van der Waals surface area contributed by atoms with E-state index in [2.05, 4.69) is 37.8 Å². The van der Waals surface area contributed by atoms with Crippen LogP contribution in [0.5, 0.6) is 0 Å². The molecular weight excluding hydrogens is 268 g/mol. The lowest BCUT2D eigenvalue weighted by Gasteiger charge is -2.30. The number of nitrogens with zero attached hydrogens (tertiary/aromatic N) is 1. The molecule has 1 heterocycles. The van der Waals surface area contributed by atoms with E-state index in [1.165, 1.54) is 22.6 Å². The molecule has 1 aromatic rings. The summed E-state index contributed by atoms with van der Waals surface area (Å²) in [5.74, 6) is 0. The van der Waals surface area contributed by atoms with Gasteiger partial charge in [-0.25, -0.2) is 0 Å². The maximum absolute atomic E-state index is 6.09. The van der Waals surface area contributed by atoms with Gasteiger partial charge in [-0.2, -0.15) is 0 Å². The van der Waals surface area contributed by atoms with E-state index in [0.717, 1.165) is 13.2 Å². The monoisotopic (exact) mass is 296 g/mol. The average Bonchev–Trinajstić information content (AvgIpc) is 3.10. The zero-order chi connectivity index (χ0) is 14.8. The number of hydrogen-bond donors (Lipinski definition) is 1. The maximum Gasteiger partial charge on any atom is 0.0590 e. The molecule has 1 aliphatic carbocycles. The number of nitrogens with two attached hydrogens (primary N) is 1. The van der Waals surface area contributed by atoms with Gasteiger partial charge in [-0.05, 0) is 30.4 Å². The van der Waals surface area contributed by atoms with Crippen LogP contribution in [-0.2, 0) is 10.2 Å². The normalized spacial score (nSPS) is 17.7. The van der Waals surface area contributed by atoms with Crippen LogP contribution in [0.3, 0.4) is 0 Å². The minimum Gasteiger partial charge on any atom is -0.383 e. The van der Waals surface area contributed by atoms with Crippen molar-refractivity contribution >= 4 is 11.3 Å². The molecule has 4 heteroatoms. The second-order valence-corrected chi connectivity index (χ2v) is 7.78. The van der Waals surface area contributed by atoms with Crippen molar-refractivity contribution in [1.82, 2.24) is 4.90 Å². The maximum atomic E-state index is 6.09. The molecule has 2 N–H and O–H groups in total. The standard InChI is InChI=1S/C16H28N2OS/c1-16(2,3)15-8-7-14(20-15)13(11-17)18(9-10-19-4)12-5-6-12/h7-8,12-13H,5-6,9-11,17H2,1-4H3. The molecule has 0 radical (unpaired) electrons. The number of thiophene rings is 1. The highest BCUT2D eigenvalue weighted by molar-refractivity contribution is 7.12. The summed E-state index contributed by atoms with van der Waals surface area (Å²) in [6.07, 6.45) is 2.61. The number of rotatable bonds is 7. The fourth-order valence-corrected chi connectivity index (χ4v) is 3.75. The Hall–Kier alpha value is -0.420. The number of hydrogen-bond acceptors (Lipinski definition) is 4. The Labute approximate surface area is 127 Å². The van der Waals surface area contributed by atoms with Gasteiger partial charge < -0.3 is 10.5 Å². The van der Waals surface area contributed by atoms with Crippen LogP contribution in [0, 0.1) is 0 Å². The second-order valence-electron chi connectivity index (χ2n) is 6.67. The fraction of sp³-hybridized carbons (Fsp3) is 0.750. The van der Waals surface area contributed by atoms with Gasteiger partial charge in [0, 0.05) is 36.0 Å². The molecule has 114 valence electrons. The molecule has 20 heavy (non-hydrogen) atoms. The van der Waals surface area contributed by atoms with Crippen molar-refractivity contribution < 1.29 is 4.74 Å². The van der Waals surface area contributed by atoms with E-state index < -0.39 is 0 Å². The Bertz CT molecular complexity index is 420. The zero-order valence-electron chi connectivity index (χ0n) is 13.2. The van der Waals surface area contributed by atoms with Crippen LogP contribution in [0.2, 0.25) is 0 Å². The van der Waals surface area contributed by atoms with Crippen molar-refractivity contribution in [3.05, 3.63) is 21.9 Å². The molecule has 0 amide bonds. The predicted octanol–water partition coefficient (Wildman–Crippen LogP) is 3.16. The van der Waals surface area contributed by atoms with Crippen LogP contribution in [0.4, 0.5) is 0 Å². The van der Waals surface area contributed by atoms with Crippen molar-refractivity contribution in [3.8, 4) is 0 Å². The minimum absolute atomic E-state index is 0.221. The first-order chi connectivity index (χ1) is 9.47. The molecule has 0 aliphatic heterocycles. The summed E-state index contributed by atoms with van der Waals surface area (Å²) < 4.78 is 5.26. The summed E-state index contributed by atoms with van der Waals surface area (Å²) in [5, 5.41) is 0. The Morgan fingerprint density at radius 3 is 2.55 bits per heavy atom. The summed E-state index contributed by atoms with van der Waals surface area (Å²) in [7, 11) is 1.77. The van der Waals surface area contributed by atoms with E-state index in [9.17, 15) is 0 Å². The molecule has 0 saturated heterocycles. The second kappa shape index (κ2) is 6.56. The zero-order valence-corrected chi connectivity index (χ0v) is 14.0. The first-order valence-electron chi connectivity index (χ1n) is 7.52. The molecule has 0 bridgehead atoms. The Balaban J connectivity index is 2.15. The summed E-state index contributed by atoms with van der Waals surface area (Å²) in [5.41, 5.74) is 6.31. The van der Waals surface area contributed by atoms with Gasteiger partial charge in [0.2, 0.25) is 0 Å². The molecule has 0 spiro atoms. The van der Waals surface area contributed by atoms with Crippen LogP contribution in [0.25, 0.3) is 0 Å². The molecule has 3 nitrogen and oxygen atoms in total. The molecular formula is C16H28N2OS. The lowest BCUT2D eigenvalue weighted by atomic mass is 9.95. The average molecular weight is 296 g/mol. The van der Waals surface area contributed by atoms with Crippen LogP contribution >= 0.6 is 11.3 Å². The summed E-state index contributed by atoms with van der Waals surface area (Å²) in [6.45, 7) is 9.25. The van der Waals surface area contributed by atoms with E-state index >= 15 is 0 Å². The van der Waals surface area contributed by atoms with E-state index in [0.29, 0.717) is 18.6 Å². The number of ether oxygens (including phenoxy) is 1. The largest absolute Gasteiger partial charge is 0.383 e. The van der Waals surface area contributed by atoms with Crippen molar-refractivity contribution in [1.29, 1.82) is 0 Å². The molecule has 0 aromatic carbocycles. The molecule has 1 unspecified atom stereocenters. The molecule has 1 fully saturated rings. The van der Waals surface area contributed by atoms with E-state index in [-0.39, 0.29) is 5.41 Å². The Kier molecular flexibility index (Phi) is 5.24. The smallest absolute Gasteiger partial charge is 0.0590 e. The Morgan fingerprint density at radius 1 is 1.40 bits per heavy atom. The van der Waals surface area contributed by atoms with Gasteiger partial charge in [0.05, 0.1) is 12.6 Å². The van der Waals surface area contributed by atoms with Gasteiger partial charge in [0.25, 0.3) is 0 Å². The molecule has 1 aromatic heterocycles. The van der Waals surface area contributed by atoms with Crippen LogP contribution in [0.15, 0.2) is 12.1 Å². The van der Waals surface area contributed by atoms with E-state index in [1.807, 2.05) is 11.3 Å². The fourth-order valence-electron chi connectivity index (χ4n) is 2.55. The molecule has 1 saturated carbocycles. The topological polar surface area (TPSA) is 38.5 Å². The lowest BCUT2D eigenvalue weighted by Crippen LogP contribution is -2.37. The predicted molar refractivity (Wildman–Crippen MR) is 86.4 cm³/mol. The van der Waals surface area contributed by atoms with Crippen molar-refractivity contribution in [2.45, 2.75) is 51.1 Å². The third-order valence-corrected chi connectivity index (χ3v) is 5.50. The van der Waals surface area contributed by atoms with Crippen molar-refractivity contribution in [3.63, 3.8) is 0 Å². The summed E-state index contributed by atoms with van der Waals surface area (Å²) >= 11 is 1.92. The third-order valence-electron chi connectivity index (χ3n) is 3.89. The van der Waals surface area contributed by atoms with Crippen LogP contribution in [0.1, 0.15) is 49.4 Å². The molecule has 1 aliphatic rings. The SMILES string of the molecule is COCCN(C1CC1)C(CN)c1ccc(C(C)(C)C)s1. The number of methoxy groups -OCH3 is 1. The highest BCUT2D eigenvalue weighted by atomic mass is 32.1. The highest BCUT2D eigenvalue weighted by Gasteiger charge is 2.34. The Morgan fingerprint density at radius 2 is 2.10 bits per heavy atom. The molecule has 2 rings (SSSR count). The van der Waals surface area contributed by atoms with Gasteiger partial charge in [-0.1, -0.05) is 20.8 Å². The highest BCUT2D eigenvalue weighted by Crippen LogP contribution is 2.38. The van der Waals surface area contributed by atoms with Crippen LogP contribution in [-0.4, -0.2) is 37.7 Å². The first kappa shape index (κ1) is 16.0. The van der Waals surface area contributed by atoms with Crippen molar-refractivity contribution in [2.75, 3.05) is 26.8 Å². The summed E-state index contributed by atoms with van der Waals surface area (Å²) in [4.78, 5) is 5.38. The van der Waals surface area contributed by atoms with E-state index in [1.54, 1.807) is 7.11 Å². The third kappa shape index (κ3) is 3.82. The first-order valence-corrected chi connectivity index (χ1v) is 8.34. The summed E-state index contributed by atoms with van der Waals surface area (Å²) in [6, 6.07) is 5.59. The van der Waals surface area contributed by atoms with E-state index in [4.69, 9.17) is 10.5 Å². The van der Waals surface area contributed by atoms with Crippen LogP contribution < -0.4 is 5.73 Å².